The van der Waals surface area contributed by atoms with Gasteiger partial charge in [-0.3, -0.25) is 4.79 Å². The largest absolute Gasteiger partial charge is 0.397 e. The van der Waals surface area contributed by atoms with E-state index in [4.69, 9.17) is 0 Å². The van der Waals surface area contributed by atoms with E-state index < -0.39 is 18.5 Å². The molecule has 1 N–H and O–H groups in total. The standard InChI is InChI=1S/C13H11F3N2OS/c1-8-17-11(7-20-8)9-2-4-10(5-3-9)18-12(19)6-13(14,15)16/h2-5,7H,6H2,1H3,(H,18,19). The minimum Gasteiger partial charge on any atom is -0.326 e. The predicted octanol–water partition coefficient (Wildman–Crippen LogP) is 4.01. The Labute approximate surface area is 117 Å². The highest BCUT2D eigenvalue weighted by Gasteiger charge is 2.31. The minimum absolute atomic E-state index is 0.329. The van der Waals surface area contributed by atoms with Gasteiger partial charge in [0.25, 0.3) is 0 Å². The molecular formula is C13H11F3N2OS. The number of alkyl halides is 3. The second kappa shape index (κ2) is 5.62. The first-order valence-corrected chi connectivity index (χ1v) is 6.60. The molecule has 3 nitrogen and oxygen atoms in total. The number of thiazole rings is 1. The van der Waals surface area contributed by atoms with Crippen molar-refractivity contribution < 1.29 is 18.0 Å². The van der Waals surface area contributed by atoms with Crippen LogP contribution in [0.2, 0.25) is 0 Å². The lowest BCUT2D eigenvalue weighted by molar-refractivity contribution is -0.150. The van der Waals surface area contributed by atoms with Crippen LogP contribution in [0.4, 0.5) is 18.9 Å². The maximum atomic E-state index is 12.0. The minimum atomic E-state index is -4.50. The predicted molar refractivity (Wildman–Crippen MR) is 71.6 cm³/mol. The number of aromatic nitrogens is 1. The second-order valence-corrected chi connectivity index (χ2v) is 5.23. The van der Waals surface area contributed by atoms with Crippen molar-refractivity contribution in [1.29, 1.82) is 0 Å². The lowest BCUT2D eigenvalue weighted by Gasteiger charge is -2.08. The Bertz CT molecular complexity index is 605. The van der Waals surface area contributed by atoms with Gasteiger partial charge >= 0.3 is 6.18 Å². The van der Waals surface area contributed by atoms with Crippen LogP contribution in [0.15, 0.2) is 29.6 Å². The van der Waals surface area contributed by atoms with Crippen molar-refractivity contribution in [2.24, 2.45) is 0 Å². The Kier molecular flexibility index (Phi) is 4.08. The summed E-state index contributed by atoms with van der Waals surface area (Å²) in [5.74, 6) is -1.07. The summed E-state index contributed by atoms with van der Waals surface area (Å²) in [7, 11) is 0. The smallest absolute Gasteiger partial charge is 0.326 e. The van der Waals surface area contributed by atoms with Crippen molar-refractivity contribution in [3.63, 3.8) is 0 Å². The number of halogens is 3. The van der Waals surface area contributed by atoms with Crippen molar-refractivity contribution in [3.8, 4) is 11.3 Å². The SMILES string of the molecule is Cc1nc(-c2ccc(NC(=O)CC(F)(F)F)cc2)cs1. The molecule has 0 fully saturated rings. The zero-order valence-corrected chi connectivity index (χ0v) is 11.3. The number of anilines is 1. The molecule has 0 bridgehead atoms. The van der Waals surface area contributed by atoms with Gasteiger partial charge < -0.3 is 5.32 Å². The first kappa shape index (κ1) is 14.5. The average Bonchev–Trinajstić information content (AvgIpc) is 2.74. The molecule has 2 aromatic rings. The first-order chi connectivity index (χ1) is 9.33. The number of nitrogens with one attached hydrogen (secondary N) is 1. The van der Waals surface area contributed by atoms with Gasteiger partial charge in [0.05, 0.1) is 10.7 Å². The molecule has 0 saturated carbocycles. The van der Waals surface area contributed by atoms with Gasteiger partial charge in [0.1, 0.15) is 6.42 Å². The third-order valence-electron chi connectivity index (χ3n) is 2.44. The molecule has 0 atom stereocenters. The molecule has 1 aromatic heterocycles. The first-order valence-electron chi connectivity index (χ1n) is 5.73. The van der Waals surface area contributed by atoms with E-state index in [1.165, 1.54) is 11.3 Å². The third-order valence-corrected chi connectivity index (χ3v) is 3.22. The maximum absolute atomic E-state index is 12.0. The fourth-order valence-corrected chi connectivity index (χ4v) is 2.23. The van der Waals surface area contributed by atoms with Gasteiger partial charge in [-0.2, -0.15) is 13.2 Å². The lowest BCUT2D eigenvalue weighted by Crippen LogP contribution is -2.21. The van der Waals surface area contributed by atoms with Gasteiger partial charge in [-0.25, -0.2) is 4.98 Å². The molecule has 1 heterocycles. The van der Waals surface area contributed by atoms with E-state index in [0.717, 1.165) is 16.3 Å². The molecule has 0 aliphatic rings. The van der Waals surface area contributed by atoms with Crippen LogP contribution >= 0.6 is 11.3 Å². The Balaban J connectivity index is 2.03. The molecule has 0 radical (unpaired) electrons. The summed E-state index contributed by atoms with van der Waals surface area (Å²) in [5, 5.41) is 5.03. The molecule has 1 aromatic carbocycles. The zero-order chi connectivity index (χ0) is 14.8. The highest BCUT2D eigenvalue weighted by atomic mass is 32.1. The number of benzene rings is 1. The van der Waals surface area contributed by atoms with Crippen LogP contribution in [0.25, 0.3) is 11.3 Å². The van der Waals surface area contributed by atoms with Crippen LogP contribution in [-0.4, -0.2) is 17.1 Å². The van der Waals surface area contributed by atoms with Crippen molar-refractivity contribution in [2.45, 2.75) is 19.5 Å². The summed E-state index contributed by atoms with van der Waals surface area (Å²) < 4.78 is 36.1. The van der Waals surface area contributed by atoms with Gasteiger partial charge in [-0.1, -0.05) is 12.1 Å². The van der Waals surface area contributed by atoms with E-state index in [1.54, 1.807) is 24.3 Å². The summed E-state index contributed by atoms with van der Waals surface area (Å²) in [6.45, 7) is 1.89. The Hall–Kier alpha value is -1.89. The number of nitrogens with zero attached hydrogens (tertiary/aromatic N) is 1. The highest BCUT2D eigenvalue weighted by Crippen LogP contribution is 2.24. The molecule has 0 aliphatic carbocycles. The van der Waals surface area contributed by atoms with Gasteiger partial charge in [-0.15, -0.1) is 11.3 Å². The van der Waals surface area contributed by atoms with E-state index in [9.17, 15) is 18.0 Å². The summed E-state index contributed by atoms with van der Waals surface area (Å²) in [6, 6.07) is 6.52. The molecule has 0 saturated heterocycles. The summed E-state index contributed by atoms with van der Waals surface area (Å²) in [4.78, 5) is 15.4. The number of amides is 1. The van der Waals surface area contributed by atoms with Crippen LogP contribution < -0.4 is 5.32 Å². The van der Waals surface area contributed by atoms with Crippen LogP contribution in [-0.2, 0) is 4.79 Å². The van der Waals surface area contributed by atoms with E-state index in [-0.39, 0.29) is 0 Å². The van der Waals surface area contributed by atoms with Gasteiger partial charge in [-0.05, 0) is 19.1 Å². The second-order valence-electron chi connectivity index (χ2n) is 4.17. The van der Waals surface area contributed by atoms with Gasteiger partial charge in [0.15, 0.2) is 0 Å². The van der Waals surface area contributed by atoms with E-state index in [0.29, 0.717) is 5.69 Å². The normalized spacial score (nSPS) is 11.4. The third kappa shape index (κ3) is 4.06. The fraction of sp³-hybridized carbons (Fsp3) is 0.231. The molecule has 20 heavy (non-hydrogen) atoms. The number of carbonyl (C=O) groups is 1. The van der Waals surface area contributed by atoms with Gasteiger partial charge in [0.2, 0.25) is 5.91 Å². The quantitative estimate of drug-likeness (QED) is 0.930. The molecule has 0 aliphatic heterocycles. The Morgan fingerprint density at radius 2 is 1.95 bits per heavy atom. The van der Waals surface area contributed by atoms with Crippen molar-refractivity contribution in [1.82, 2.24) is 4.98 Å². The van der Waals surface area contributed by atoms with Crippen molar-refractivity contribution in [2.75, 3.05) is 5.32 Å². The number of hydrogen-bond acceptors (Lipinski definition) is 3. The van der Waals surface area contributed by atoms with Crippen LogP contribution in [0.5, 0.6) is 0 Å². The molecule has 0 spiro atoms. The molecular weight excluding hydrogens is 289 g/mol. The summed E-state index contributed by atoms with van der Waals surface area (Å²) in [5.41, 5.74) is 1.98. The van der Waals surface area contributed by atoms with Crippen molar-refractivity contribution in [3.05, 3.63) is 34.7 Å². The summed E-state index contributed by atoms with van der Waals surface area (Å²) >= 11 is 1.51. The van der Waals surface area contributed by atoms with E-state index >= 15 is 0 Å². The molecule has 7 heteroatoms. The van der Waals surface area contributed by atoms with Crippen LogP contribution in [0.1, 0.15) is 11.4 Å². The number of carbonyl (C=O) groups excluding carboxylic acids is 1. The number of rotatable bonds is 3. The van der Waals surface area contributed by atoms with Gasteiger partial charge in [0, 0.05) is 16.6 Å². The number of hydrogen-bond donors (Lipinski definition) is 1. The molecule has 0 unspecified atom stereocenters. The Morgan fingerprint density at radius 3 is 2.45 bits per heavy atom. The average molecular weight is 300 g/mol. The van der Waals surface area contributed by atoms with Crippen molar-refractivity contribution >= 4 is 22.9 Å². The number of aryl methyl sites for hydroxylation is 1. The van der Waals surface area contributed by atoms with Crippen LogP contribution in [0.3, 0.4) is 0 Å². The zero-order valence-electron chi connectivity index (χ0n) is 10.5. The highest BCUT2D eigenvalue weighted by molar-refractivity contribution is 7.09. The fourth-order valence-electron chi connectivity index (χ4n) is 1.61. The monoisotopic (exact) mass is 300 g/mol. The van der Waals surface area contributed by atoms with E-state index in [1.807, 2.05) is 12.3 Å². The molecule has 1 amide bonds. The Morgan fingerprint density at radius 1 is 1.30 bits per heavy atom. The van der Waals surface area contributed by atoms with Crippen LogP contribution in [0, 0.1) is 6.92 Å². The maximum Gasteiger partial charge on any atom is 0.397 e. The molecule has 2 rings (SSSR count). The topological polar surface area (TPSA) is 42.0 Å². The summed E-state index contributed by atoms with van der Waals surface area (Å²) in [6.07, 6.45) is -5.98. The van der Waals surface area contributed by atoms with E-state index in [2.05, 4.69) is 10.3 Å². The molecule has 106 valence electrons. The lowest BCUT2D eigenvalue weighted by atomic mass is 10.1.